The monoisotopic (exact) mass is 600 g/mol. The lowest BCUT2D eigenvalue weighted by molar-refractivity contribution is -0.157. The molecule has 2 N–H and O–H groups in total. The zero-order valence-electron chi connectivity index (χ0n) is 22.1. The highest BCUT2D eigenvalue weighted by Gasteiger charge is 2.78. The molecule has 2 aliphatic rings. The number of nitrogens with zero attached hydrogens (tertiary/aromatic N) is 2. The van der Waals surface area contributed by atoms with E-state index < -0.39 is 29.1 Å². The molecular weight excluding hydrogens is 572 g/mol. The number of carbonyl (C=O) groups is 1. The Morgan fingerprint density at radius 2 is 1.68 bits per heavy atom. The molecule has 1 saturated carbocycles. The maximum absolute atomic E-state index is 13.7. The Bertz CT molecular complexity index is 1530. The van der Waals surface area contributed by atoms with E-state index >= 15 is 0 Å². The van der Waals surface area contributed by atoms with Gasteiger partial charge in [-0.15, -0.1) is 0 Å². The Morgan fingerprint density at radius 1 is 1.02 bits per heavy atom. The number of benzene rings is 3. The van der Waals surface area contributed by atoms with Crippen LogP contribution in [0, 0.1) is 5.92 Å². The third kappa shape index (κ3) is 3.93. The maximum Gasteiger partial charge on any atom is 0.228 e. The van der Waals surface area contributed by atoms with E-state index in [2.05, 4.69) is 20.9 Å². The van der Waals surface area contributed by atoms with E-state index in [1.807, 2.05) is 84.9 Å². The highest BCUT2D eigenvalue weighted by molar-refractivity contribution is 9.10. The lowest BCUT2D eigenvalue weighted by atomic mass is 9.71. The number of ether oxygens (including phenoxy) is 2. The van der Waals surface area contributed by atoms with E-state index in [0.29, 0.717) is 23.7 Å². The molecule has 40 heavy (non-hydrogen) atoms. The van der Waals surface area contributed by atoms with Crippen molar-refractivity contribution in [1.29, 1.82) is 0 Å². The average Bonchev–Trinajstić information content (AvgIpc) is 3.34. The van der Waals surface area contributed by atoms with E-state index in [0.717, 1.165) is 15.6 Å². The Hall–Kier alpha value is -3.72. The lowest BCUT2D eigenvalue weighted by Crippen LogP contribution is -2.52. The van der Waals surface area contributed by atoms with Crippen molar-refractivity contribution in [2.24, 2.45) is 5.92 Å². The Morgan fingerprint density at radius 3 is 2.33 bits per heavy atom. The number of carbonyl (C=O) groups excluding carboxylic acids is 1. The molecule has 1 unspecified atom stereocenters. The average molecular weight is 601 g/mol. The molecule has 204 valence electrons. The third-order valence-electron chi connectivity index (χ3n) is 8.00. The topological polar surface area (TPSA) is 92.1 Å². The molecule has 5 atom stereocenters. The molecule has 0 spiro atoms. The fourth-order valence-electron chi connectivity index (χ4n) is 6.23. The van der Waals surface area contributed by atoms with Crippen LogP contribution in [0.4, 0.5) is 0 Å². The summed E-state index contributed by atoms with van der Waals surface area (Å²) >= 11 is 3.50. The minimum Gasteiger partial charge on any atom is -0.487 e. The maximum atomic E-state index is 13.7. The van der Waals surface area contributed by atoms with Crippen LogP contribution in [0.5, 0.6) is 11.5 Å². The SMILES string of the molecule is CN(C)C(=O)[C@H]1[C@@H](O)C2(O)c3ncc(OCc4ccccc4)cc3O[C@@]2(c2ccc(Br)cc2)[C@@H]1c1ccccc1. The molecule has 8 heteroatoms. The van der Waals surface area contributed by atoms with Crippen LogP contribution in [0.1, 0.15) is 28.3 Å². The van der Waals surface area contributed by atoms with Crippen LogP contribution >= 0.6 is 15.9 Å². The fourth-order valence-corrected chi connectivity index (χ4v) is 6.49. The van der Waals surface area contributed by atoms with Gasteiger partial charge in [0.15, 0.2) is 11.2 Å². The van der Waals surface area contributed by atoms with Gasteiger partial charge in [-0.2, -0.15) is 0 Å². The third-order valence-corrected chi connectivity index (χ3v) is 8.53. The van der Waals surface area contributed by atoms with E-state index in [4.69, 9.17) is 9.47 Å². The molecule has 0 radical (unpaired) electrons. The van der Waals surface area contributed by atoms with Crippen molar-refractivity contribution in [2.45, 2.75) is 29.8 Å². The number of aliphatic hydroxyl groups is 2. The second-order valence-electron chi connectivity index (χ2n) is 10.5. The molecular formula is C32H29BrN2O5. The van der Waals surface area contributed by atoms with Gasteiger partial charge < -0.3 is 24.6 Å². The van der Waals surface area contributed by atoms with Crippen LogP contribution in [0.25, 0.3) is 0 Å². The van der Waals surface area contributed by atoms with Gasteiger partial charge in [-0.3, -0.25) is 9.78 Å². The summed E-state index contributed by atoms with van der Waals surface area (Å²) in [6.45, 7) is 0.331. The molecule has 1 fully saturated rings. The highest BCUT2D eigenvalue weighted by Crippen LogP contribution is 2.68. The molecule has 2 heterocycles. The van der Waals surface area contributed by atoms with Crippen LogP contribution in [0.15, 0.2) is 102 Å². The van der Waals surface area contributed by atoms with Crippen LogP contribution in [-0.4, -0.2) is 46.2 Å². The van der Waals surface area contributed by atoms with Crippen LogP contribution in [0.2, 0.25) is 0 Å². The predicted octanol–water partition coefficient (Wildman–Crippen LogP) is 4.76. The van der Waals surface area contributed by atoms with Crippen molar-refractivity contribution in [2.75, 3.05) is 14.1 Å². The van der Waals surface area contributed by atoms with Crippen molar-refractivity contribution in [3.8, 4) is 11.5 Å². The van der Waals surface area contributed by atoms with Gasteiger partial charge in [0.25, 0.3) is 0 Å². The smallest absolute Gasteiger partial charge is 0.228 e. The van der Waals surface area contributed by atoms with Crippen LogP contribution in [0.3, 0.4) is 0 Å². The molecule has 6 rings (SSSR count). The zero-order chi connectivity index (χ0) is 28.1. The summed E-state index contributed by atoms with van der Waals surface area (Å²) in [6.07, 6.45) is 0.00706. The van der Waals surface area contributed by atoms with Crippen LogP contribution in [-0.2, 0) is 22.6 Å². The Balaban J connectivity index is 1.53. The van der Waals surface area contributed by atoms with E-state index in [9.17, 15) is 15.0 Å². The molecule has 4 aromatic rings. The molecule has 1 aromatic heterocycles. The number of hydrogen-bond acceptors (Lipinski definition) is 6. The molecule has 1 amide bonds. The Kier molecular flexibility index (Phi) is 6.65. The number of halogens is 1. The summed E-state index contributed by atoms with van der Waals surface area (Å²) in [7, 11) is 3.29. The predicted molar refractivity (Wildman–Crippen MR) is 153 cm³/mol. The van der Waals surface area contributed by atoms with Crippen molar-refractivity contribution in [3.05, 3.63) is 124 Å². The van der Waals surface area contributed by atoms with Crippen LogP contribution < -0.4 is 9.47 Å². The van der Waals surface area contributed by atoms with Gasteiger partial charge in [0.2, 0.25) is 5.91 Å². The van der Waals surface area contributed by atoms with Gasteiger partial charge in [-0.05, 0) is 28.8 Å². The largest absolute Gasteiger partial charge is 0.487 e. The summed E-state index contributed by atoms with van der Waals surface area (Å²) in [5.74, 6) is -1.30. The number of pyridine rings is 1. The number of rotatable bonds is 6. The first-order chi connectivity index (χ1) is 19.3. The van der Waals surface area contributed by atoms with Gasteiger partial charge in [0.1, 0.15) is 29.9 Å². The zero-order valence-corrected chi connectivity index (χ0v) is 23.7. The second kappa shape index (κ2) is 10.0. The first kappa shape index (κ1) is 26.5. The number of aromatic nitrogens is 1. The van der Waals surface area contributed by atoms with Gasteiger partial charge >= 0.3 is 0 Å². The van der Waals surface area contributed by atoms with E-state index in [1.165, 1.54) is 11.1 Å². The normalized spacial score (nSPS) is 26.5. The minimum absolute atomic E-state index is 0.171. The summed E-state index contributed by atoms with van der Waals surface area (Å²) in [5, 5.41) is 24.7. The first-order valence-electron chi connectivity index (χ1n) is 13.1. The van der Waals surface area contributed by atoms with E-state index in [1.54, 1.807) is 20.2 Å². The van der Waals surface area contributed by atoms with Crippen molar-refractivity contribution >= 4 is 21.8 Å². The molecule has 1 aliphatic heterocycles. The molecule has 0 saturated heterocycles. The summed E-state index contributed by atoms with van der Waals surface area (Å²) in [4.78, 5) is 19.7. The summed E-state index contributed by atoms with van der Waals surface area (Å²) < 4.78 is 13.6. The first-order valence-corrected chi connectivity index (χ1v) is 13.9. The van der Waals surface area contributed by atoms with E-state index in [-0.39, 0.29) is 11.6 Å². The summed E-state index contributed by atoms with van der Waals surface area (Å²) in [5.41, 5.74) is -1.05. The number of hydrogen-bond donors (Lipinski definition) is 2. The highest BCUT2D eigenvalue weighted by atomic mass is 79.9. The fraction of sp³-hybridized carbons (Fsp3) is 0.250. The molecule has 1 aliphatic carbocycles. The van der Waals surface area contributed by atoms with Crippen molar-refractivity contribution in [1.82, 2.24) is 9.88 Å². The number of amides is 1. The number of aliphatic hydroxyl groups excluding tert-OH is 1. The van der Waals surface area contributed by atoms with Gasteiger partial charge in [-0.25, -0.2) is 0 Å². The number of fused-ring (bicyclic) bond motifs is 3. The molecule has 0 bridgehead atoms. The van der Waals surface area contributed by atoms with Gasteiger partial charge in [-0.1, -0.05) is 88.7 Å². The Labute approximate surface area is 241 Å². The minimum atomic E-state index is -2.04. The van der Waals surface area contributed by atoms with Crippen molar-refractivity contribution < 1.29 is 24.5 Å². The second-order valence-corrected chi connectivity index (χ2v) is 11.4. The quantitative estimate of drug-likeness (QED) is 0.331. The van der Waals surface area contributed by atoms with Gasteiger partial charge in [0.05, 0.1) is 12.1 Å². The molecule has 3 aromatic carbocycles. The molecule has 7 nitrogen and oxygen atoms in total. The van der Waals surface area contributed by atoms with Crippen molar-refractivity contribution in [3.63, 3.8) is 0 Å². The summed E-state index contributed by atoms with van der Waals surface area (Å²) in [6, 6.07) is 28.3. The standard InChI is InChI=1S/C32H29BrN2O5/c1-35(2)30(37)26-27(21-11-7-4-8-12-21)32(22-13-15-23(33)16-14-22)31(38,29(26)36)28-25(40-32)17-24(18-34-28)39-19-20-9-5-3-6-10-20/h3-18,26-27,29,36,38H,19H2,1-2H3/t26-,27-,29-,31?,32+/m1/s1. The lowest BCUT2D eigenvalue weighted by Gasteiger charge is -2.40. The van der Waals surface area contributed by atoms with Gasteiger partial charge in [0, 0.05) is 30.6 Å².